The number of benzene rings is 1. The molecule has 0 saturated heterocycles. The highest BCUT2D eigenvalue weighted by Crippen LogP contribution is 2.28. The number of hydrogen-bond donors (Lipinski definition) is 2. The number of nitrogens with two attached hydrogens (primary N) is 1. The molecular formula is C12H9ClN4S. The van der Waals surface area contributed by atoms with Crippen molar-refractivity contribution in [3.8, 4) is 0 Å². The average molecular weight is 277 g/mol. The smallest absolute Gasteiger partial charge is 0.172 e. The first kappa shape index (κ1) is 11.4. The fourth-order valence-corrected chi connectivity index (χ4v) is 2.73. The molecule has 2 heterocycles. The molecule has 3 N–H and O–H groups in total. The number of aromatic nitrogens is 3. The molecule has 0 radical (unpaired) electrons. The molecule has 2 aromatic heterocycles. The van der Waals surface area contributed by atoms with E-state index in [0.717, 1.165) is 21.2 Å². The summed E-state index contributed by atoms with van der Waals surface area (Å²) in [6.07, 6.45) is 0. The Kier molecular flexibility index (Phi) is 2.85. The van der Waals surface area contributed by atoms with E-state index in [1.165, 1.54) is 11.8 Å². The highest BCUT2D eigenvalue weighted by molar-refractivity contribution is 7.99. The molecule has 0 saturated carbocycles. The van der Waals surface area contributed by atoms with Gasteiger partial charge in [0.25, 0.3) is 0 Å². The zero-order chi connectivity index (χ0) is 12.5. The van der Waals surface area contributed by atoms with E-state index in [0.29, 0.717) is 10.8 Å². The van der Waals surface area contributed by atoms with Gasteiger partial charge in [0.15, 0.2) is 5.16 Å². The Morgan fingerprint density at radius 1 is 1.17 bits per heavy atom. The van der Waals surface area contributed by atoms with Crippen molar-refractivity contribution in [3.63, 3.8) is 0 Å². The Morgan fingerprint density at radius 2 is 2.00 bits per heavy atom. The number of fused-ring (bicyclic) bond motifs is 1. The molecule has 90 valence electrons. The van der Waals surface area contributed by atoms with Crippen LogP contribution in [0.3, 0.4) is 0 Å². The fourth-order valence-electron chi connectivity index (χ4n) is 1.62. The van der Waals surface area contributed by atoms with Gasteiger partial charge in [0.1, 0.15) is 10.2 Å². The van der Waals surface area contributed by atoms with Gasteiger partial charge in [0, 0.05) is 5.69 Å². The van der Waals surface area contributed by atoms with Crippen molar-refractivity contribution >= 4 is 40.1 Å². The topological polar surface area (TPSA) is 67.6 Å². The quantitative estimate of drug-likeness (QED) is 0.705. The molecule has 1 aromatic carbocycles. The molecule has 0 bridgehead atoms. The maximum absolute atomic E-state index is 5.86. The number of nitrogens with zero attached hydrogens (tertiary/aromatic N) is 2. The van der Waals surface area contributed by atoms with Crippen LogP contribution in [0.2, 0.25) is 5.15 Å². The van der Waals surface area contributed by atoms with Crippen LogP contribution < -0.4 is 5.73 Å². The molecule has 0 unspecified atom stereocenters. The zero-order valence-corrected chi connectivity index (χ0v) is 10.8. The molecule has 0 aliphatic carbocycles. The van der Waals surface area contributed by atoms with E-state index in [9.17, 15) is 0 Å². The maximum atomic E-state index is 5.86. The highest BCUT2D eigenvalue weighted by Gasteiger charge is 2.06. The van der Waals surface area contributed by atoms with E-state index in [-0.39, 0.29) is 0 Å². The average Bonchev–Trinajstić information content (AvgIpc) is 2.69. The first-order valence-corrected chi connectivity index (χ1v) is 6.46. The Hall–Kier alpha value is -1.72. The number of H-pyrrole nitrogens is 1. The number of imidazole rings is 1. The molecule has 0 spiro atoms. The number of anilines is 1. The van der Waals surface area contributed by atoms with Crippen LogP contribution in [0, 0.1) is 0 Å². The minimum Gasteiger partial charge on any atom is -0.399 e. The minimum atomic E-state index is 0.383. The minimum absolute atomic E-state index is 0.383. The molecule has 0 aliphatic rings. The molecule has 0 amide bonds. The SMILES string of the molecule is Nc1cc(Cl)nc(Sc2nc3ccccc3[nH]2)c1. The Bertz CT molecular complexity index is 657. The summed E-state index contributed by atoms with van der Waals surface area (Å²) < 4.78 is 0. The van der Waals surface area contributed by atoms with Gasteiger partial charge in [-0.3, -0.25) is 0 Å². The van der Waals surface area contributed by atoms with E-state index in [4.69, 9.17) is 17.3 Å². The number of para-hydroxylation sites is 2. The molecule has 18 heavy (non-hydrogen) atoms. The van der Waals surface area contributed by atoms with Crippen molar-refractivity contribution in [2.45, 2.75) is 10.2 Å². The summed E-state index contributed by atoms with van der Waals surface area (Å²) in [7, 11) is 0. The summed E-state index contributed by atoms with van der Waals surface area (Å²) in [6, 6.07) is 11.2. The lowest BCUT2D eigenvalue weighted by Crippen LogP contribution is -1.89. The fraction of sp³-hybridized carbons (Fsp3) is 0. The Morgan fingerprint density at radius 3 is 2.78 bits per heavy atom. The van der Waals surface area contributed by atoms with E-state index in [1.807, 2.05) is 24.3 Å². The van der Waals surface area contributed by atoms with Crippen molar-refractivity contribution in [2.75, 3.05) is 5.73 Å². The van der Waals surface area contributed by atoms with Gasteiger partial charge in [0.05, 0.1) is 11.0 Å². The van der Waals surface area contributed by atoms with Gasteiger partial charge in [-0.25, -0.2) is 9.97 Å². The number of hydrogen-bond acceptors (Lipinski definition) is 4. The van der Waals surface area contributed by atoms with Gasteiger partial charge in [-0.05, 0) is 36.0 Å². The van der Waals surface area contributed by atoms with Crippen molar-refractivity contribution in [2.24, 2.45) is 0 Å². The van der Waals surface area contributed by atoms with Crippen molar-refractivity contribution in [1.82, 2.24) is 15.0 Å². The van der Waals surface area contributed by atoms with E-state index in [1.54, 1.807) is 12.1 Å². The lowest BCUT2D eigenvalue weighted by atomic mass is 10.3. The third-order valence-electron chi connectivity index (χ3n) is 2.36. The van der Waals surface area contributed by atoms with Crippen LogP contribution in [0.1, 0.15) is 0 Å². The van der Waals surface area contributed by atoms with Gasteiger partial charge < -0.3 is 10.7 Å². The standard InChI is InChI=1S/C12H9ClN4S/c13-10-5-7(14)6-11(17-10)18-12-15-8-3-1-2-4-9(8)16-12/h1-6H,(H2,14,17)(H,15,16). The molecule has 3 aromatic rings. The van der Waals surface area contributed by atoms with Crippen LogP contribution in [0.25, 0.3) is 11.0 Å². The van der Waals surface area contributed by atoms with Crippen LogP contribution in [-0.2, 0) is 0 Å². The summed E-state index contributed by atoms with van der Waals surface area (Å²) in [4.78, 5) is 11.8. The Balaban J connectivity index is 1.96. The predicted molar refractivity (Wildman–Crippen MR) is 73.9 cm³/mol. The predicted octanol–water partition coefficient (Wildman–Crippen LogP) is 3.34. The van der Waals surface area contributed by atoms with E-state index in [2.05, 4.69) is 15.0 Å². The molecule has 4 nitrogen and oxygen atoms in total. The number of rotatable bonds is 2. The second-order valence-electron chi connectivity index (χ2n) is 3.72. The van der Waals surface area contributed by atoms with E-state index >= 15 is 0 Å². The summed E-state index contributed by atoms with van der Waals surface area (Å²) in [5.41, 5.74) is 8.23. The molecule has 0 aliphatic heterocycles. The summed E-state index contributed by atoms with van der Waals surface area (Å²) in [5.74, 6) is 0. The normalized spacial score (nSPS) is 10.9. The molecule has 0 atom stereocenters. The molecular weight excluding hydrogens is 268 g/mol. The summed E-state index contributed by atoms with van der Waals surface area (Å²) in [6.45, 7) is 0. The number of halogens is 1. The number of aromatic amines is 1. The first-order chi connectivity index (χ1) is 8.70. The van der Waals surface area contributed by atoms with Gasteiger partial charge >= 0.3 is 0 Å². The molecule has 6 heteroatoms. The second kappa shape index (κ2) is 4.51. The van der Waals surface area contributed by atoms with E-state index < -0.39 is 0 Å². The van der Waals surface area contributed by atoms with Crippen LogP contribution >= 0.6 is 23.4 Å². The van der Waals surface area contributed by atoms with Crippen molar-refractivity contribution in [1.29, 1.82) is 0 Å². The molecule has 0 fully saturated rings. The largest absolute Gasteiger partial charge is 0.399 e. The van der Waals surface area contributed by atoms with Crippen molar-refractivity contribution in [3.05, 3.63) is 41.6 Å². The van der Waals surface area contributed by atoms with Crippen LogP contribution in [0.4, 0.5) is 5.69 Å². The van der Waals surface area contributed by atoms with Gasteiger partial charge in [0.2, 0.25) is 0 Å². The van der Waals surface area contributed by atoms with Crippen LogP contribution in [0.15, 0.2) is 46.6 Å². The lowest BCUT2D eigenvalue weighted by molar-refractivity contribution is 1.06. The summed E-state index contributed by atoms with van der Waals surface area (Å²) >= 11 is 7.26. The Labute approximate surface area is 113 Å². The van der Waals surface area contributed by atoms with Gasteiger partial charge in [-0.1, -0.05) is 23.7 Å². The second-order valence-corrected chi connectivity index (χ2v) is 5.12. The first-order valence-electron chi connectivity index (χ1n) is 5.26. The van der Waals surface area contributed by atoms with Gasteiger partial charge in [-0.2, -0.15) is 0 Å². The van der Waals surface area contributed by atoms with Crippen LogP contribution in [0.5, 0.6) is 0 Å². The lowest BCUT2D eigenvalue weighted by Gasteiger charge is -1.99. The highest BCUT2D eigenvalue weighted by atomic mass is 35.5. The maximum Gasteiger partial charge on any atom is 0.172 e. The number of pyridine rings is 1. The zero-order valence-electron chi connectivity index (χ0n) is 9.22. The monoisotopic (exact) mass is 276 g/mol. The van der Waals surface area contributed by atoms with Crippen LogP contribution in [-0.4, -0.2) is 15.0 Å². The number of nitrogens with one attached hydrogen (secondary N) is 1. The third-order valence-corrected chi connectivity index (χ3v) is 3.36. The summed E-state index contributed by atoms with van der Waals surface area (Å²) in [5, 5.41) is 1.87. The van der Waals surface area contributed by atoms with Crippen molar-refractivity contribution < 1.29 is 0 Å². The third kappa shape index (κ3) is 2.27. The van der Waals surface area contributed by atoms with Gasteiger partial charge in [-0.15, -0.1) is 0 Å². The molecule has 3 rings (SSSR count). The number of nitrogen functional groups attached to an aromatic ring is 1.